The van der Waals surface area contributed by atoms with E-state index in [1.54, 1.807) is 6.92 Å². The number of anilines is 1. The van der Waals surface area contributed by atoms with Crippen LogP contribution in [0.15, 0.2) is 22.7 Å². The lowest BCUT2D eigenvalue weighted by molar-refractivity contribution is 0.0352. The van der Waals surface area contributed by atoms with E-state index in [9.17, 15) is 8.78 Å². The molecule has 0 aliphatic carbocycles. The number of benzene rings is 1. The van der Waals surface area contributed by atoms with Gasteiger partial charge in [0.1, 0.15) is 11.6 Å². The summed E-state index contributed by atoms with van der Waals surface area (Å²) in [5, 5.41) is 4.11. The van der Waals surface area contributed by atoms with Crippen molar-refractivity contribution in [2.75, 3.05) is 24.5 Å². The van der Waals surface area contributed by atoms with E-state index in [1.807, 2.05) is 0 Å². The molecule has 5 nitrogen and oxygen atoms in total. The quantitative estimate of drug-likeness (QED) is 0.837. The number of aryl methyl sites for hydroxylation is 1. The van der Waals surface area contributed by atoms with Crippen LogP contribution in [-0.2, 0) is 0 Å². The van der Waals surface area contributed by atoms with Crippen LogP contribution in [0, 0.1) is 24.5 Å². The molecule has 0 saturated carbocycles. The molecule has 132 valence electrons. The van der Waals surface area contributed by atoms with E-state index in [0.717, 1.165) is 37.6 Å². The highest BCUT2D eigenvalue weighted by atomic mass is 19.1. The van der Waals surface area contributed by atoms with Gasteiger partial charge in [0.2, 0.25) is 5.89 Å². The van der Waals surface area contributed by atoms with Gasteiger partial charge in [-0.2, -0.15) is 4.98 Å². The molecule has 0 spiro atoms. The third-order valence-electron chi connectivity index (χ3n) is 6.08. The number of rotatable bonds is 2. The monoisotopic (exact) mass is 346 g/mol. The van der Waals surface area contributed by atoms with Gasteiger partial charge in [0, 0.05) is 31.5 Å². The van der Waals surface area contributed by atoms with Crippen molar-refractivity contribution in [1.29, 1.82) is 0 Å². The molecule has 0 unspecified atom stereocenters. The van der Waals surface area contributed by atoms with E-state index < -0.39 is 11.6 Å². The van der Waals surface area contributed by atoms with E-state index in [-0.39, 0.29) is 18.0 Å². The molecule has 4 saturated heterocycles. The fraction of sp³-hybridized carbons (Fsp3) is 0.556. The molecule has 2 aromatic rings. The van der Waals surface area contributed by atoms with Crippen LogP contribution in [0.4, 0.5) is 14.7 Å². The predicted octanol–water partition coefficient (Wildman–Crippen LogP) is 2.72. The highest BCUT2D eigenvalue weighted by molar-refractivity contribution is 5.42. The summed E-state index contributed by atoms with van der Waals surface area (Å²) < 4.78 is 32.8. The molecule has 2 bridgehead atoms. The minimum Gasteiger partial charge on any atom is -0.338 e. The molecule has 25 heavy (non-hydrogen) atoms. The first kappa shape index (κ1) is 15.3. The Morgan fingerprint density at radius 1 is 1.08 bits per heavy atom. The Balaban J connectivity index is 1.58. The molecular formula is C18H20F2N4O. The summed E-state index contributed by atoms with van der Waals surface area (Å²) in [7, 11) is 0. The minimum atomic E-state index is -0.517. The Morgan fingerprint density at radius 3 is 2.44 bits per heavy atom. The van der Waals surface area contributed by atoms with Gasteiger partial charge in [-0.3, -0.25) is 4.90 Å². The van der Waals surface area contributed by atoms with Gasteiger partial charge in [0.05, 0.1) is 6.04 Å². The number of fused-ring (bicyclic) bond motifs is 2. The number of piperidine rings is 3. The van der Waals surface area contributed by atoms with Crippen molar-refractivity contribution >= 4 is 5.95 Å². The number of hydrogen-bond acceptors (Lipinski definition) is 5. The topological polar surface area (TPSA) is 45.4 Å². The fourth-order valence-electron chi connectivity index (χ4n) is 5.14. The second-order valence-electron chi connectivity index (χ2n) is 7.43. The van der Waals surface area contributed by atoms with Crippen LogP contribution < -0.4 is 4.90 Å². The molecule has 1 aromatic carbocycles. The van der Waals surface area contributed by atoms with Crippen molar-refractivity contribution in [2.45, 2.75) is 37.8 Å². The molecule has 3 atom stereocenters. The van der Waals surface area contributed by atoms with E-state index >= 15 is 0 Å². The zero-order valence-corrected chi connectivity index (χ0v) is 14.0. The molecule has 1 aromatic heterocycles. The van der Waals surface area contributed by atoms with Gasteiger partial charge in [0.25, 0.3) is 5.95 Å². The van der Waals surface area contributed by atoms with E-state index in [1.165, 1.54) is 12.1 Å². The summed E-state index contributed by atoms with van der Waals surface area (Å²) in [4.78, 5) is 9.09. The van der Waals surface area contributed by atoms with E-state index in [0.29, 0.717) is 24.3 Å². The summed E-state index contributed by atoms with van der Waals surface area (Å²) in [6, 6.07) is 4.39. The van der Waals surface area contributed by atoms with Crippen molar-refractivity contribution in [3.8, 4) is 0 Å². The van der Waals surface area contributed by atoms with Crippen molar-refractivity contribution < 1.29 is 13.3 Å². The average Bonchev–Trinajstić information content (AvgIpc) is 3.20. The van der Waals surface area contributed by atoms with Crippen LogP contribution in [0.25, 0.3) is 0 Å². The van der Waals surface area contributed by atoms with Crippen LogP contribution in [0.1, 0.15) is 30.2 Å². The average molecular weight is 346 g/mol. The van der Waals surface area contributed by atoms with Gasteiger partial charge in [-0.25, -0.2) is 8.78 Å². The maximum absolute atomic E-state index is 13.8. The van der Waals surface area contributed by atoms with Crippen LogP contribution in [-0.4, -0.2) is 46.8 Å². The largest absolute Gasteiger partial charge is 0.338 e. The molecular weight excluding hydrogens is 326 g/mol. The first-order valence-electron chi connectivity index (χ1n) is 8.87. The Bertz CT molecular complexity index is 782. The number of halogens is 2. The lowest BCUT2D eigenvalue weighted by Gasteiger charge is -2.51. The van der Waals surface area contributed by atoms with Crippen LogP contribution in [0.3, 0.4) is 0 Å². The summed E-state index contributed by atoms with van der Waals surface area (Å²) in [6.07, 6.45) is 2.30. The third kappa shape index (κ3) is 2.36. The van der Waals surface area contributed by atoms with E-state index in [2.05, 4.69) is 19.9 Å². The Kier molecular flexibility index (Phi) is 3.35. The highest BCUT2D eigenvalue weighted by Gasteiger charge is 2.54. The molecule has 5 heterocycles. The molecule has 0 radical (unpaired) electrons. The standard InChI is InChI=1S/C18H20F2N4O/c1-10-21-18(22-25-10)24-9-15(12-6-13(19)8-14(20)7-12)17-16(24)11-2-4-23(17)5-3-11/h6-8,11,15-17H,2-5,9H2,1H3/t15-,16+,17+/m0/s1. The van der Waals surface area contributed by atoms with Gasteiger partial charge in [0.15, 0.2) is 0 Å². The predicted molar refractivity (Wildman–Crippen MR) is 87.4 cm³/mol. The van der Waals surface area contributed by atoms with Gasteiger partial charge < -0.3 is 9.42 Å². The Labute approximate surface area is 144 Å². The summed E-state index contributed by atoms with van der Waals surface area (Å²) in [6.45, 7) is 4.54. The molecule has 0 amide bonds. The zero-order valence-electron chi connectivity index (χ0n) is 14.0. The molecule has 7 heteroatoms. The van der Waals surface area contributed by atoms with Crippen LogP contribution in [0.5, 0.6) is 0 Å². The van der Waals surface area contributed by atoms with Crippen LogP contribution >= 0.6 is 0 Å². The van der Waals surface area contributed by atoms with Crippen molar-refractivity contribution in [3.05, 3.63) is 41.3 Å². The van der Waals surface area contributed by atoms with Gasteiger partial charge in [-0.15, -0.1) is 0 Å². The first-order chi connectivity index (χ1) is 12.1. The molecule has 0 N–H and O–H groups in total. The SMILES string of the molecule is Cc1nc(N2C[C@@H](c3cc(F)cc(F)c3)[C@@H]3[C@H]2C2CCN3CC2)no1. The van der Waals surface area contributed by atoms with Crippen molar-refractivity contribution in [3.63, 3.8) is 0 Å². The maximum atomic E-state index is 13.8. The molecule has 4 aliphatic rings. The normalized spacial score (nSPS) is 33.7. The molecule has 6 rings (SSSR count). The lowest BCUT2D eigenvalue weighted by atomic mass is 9.75. The number of hydrogen-bond donors (Lipinski definition) is 0. The van der Waals surface area contributed by atoms with Crippen LogP contribution in [0.2, 0.25) is 0 Å². The van der Waals surface area contributed by atoms with Crippen molar-refractivity contribution in [1.82, 2.24) is 15.0 Å². The van der Waals surface area contributed by atoms with Gasteiger partial charge in [-0.1, -0.05) is 0 Å². The fourth-order valence-corrected chi connectivity index (χ4v) is 5.14. The Morgan fingerprint density at radius 2 is 1.80 bits per heavy atom. The highest BCUT2D eigenvalue weighted by Crippen LogP contribution is 2.47. The molecule has 4 aliphatic heterocycles. The van der Waals surface area contributed by atoms with Crippen molar-refractivity contribution in [2.24, 2.45) is 5.92 Å². The maximum Gasteiger partial charge on any atom is 0.266 e. The minimum absolute atomic E-state index is 0.0390. The molecule has 4 fully saturated rings. The second kappa shape index (κ2) is 5.49. The van der Waals surface area contributed by atoms with Gasteiger partial charge >= 0.3 is 0 Å². The third-order valence-corrected chi connectivity index (χ3v) is 6.08. The number of aromatic nitrogens is 2. The Hall–Kier alpha value is -2.02. The zero-order chi connectivity index (χ0) is 17.1. The first-order valence-corrected chi connectivity index (χ1v) is 8.87. The van der Waals surface area contributed by atoms with Gasteiger partial charge in [-0.05, 0) is 54.7 Å². The number of nitrogens with zero attached hydrogens (tertiary/aromatic N) is 4. The summed E-state index contributed by atoms with van der Waals surface area (Å²) in [5.41, 5.74) is 0.725. The van der Waals surface area contributed by atoms with E-state index in [4.69, 9.17) is 4.52 Å². The second-order valence-corrected chi connectivity index (χ2v) is 7.43. The lowest BCUT2D eigenvalue weighted by Crippen LogP contribution is -2.60. The summed E-state index contributed by atoms with van der Waals surface area (Å²) in [5.74, 6) is 0.704. The summed E-state index contributed by atoms with van der Waals surface area (Å²) >= 11 is 0. The smallest absolute Gasteiger partial charge is 0.266 e.